The Morgan fingerprint density at radius 3 is 3.05 bits per heavy atom. The van der Waals surface area contributed by atoms with E-state index in [0.717, 1.165) is 6.07 Å². The maximum Gasteiger partial charge on any atom is 0.244 e. The van der Waals surface area contributed by atoms with Crippen molar-refractivity contribution in [3.05, 3.63) is 41.2 Å². The minimum absolute atomic E-state index is 0.0345. The number of carbonyl (C=O) groups excluding carboxylic acids is 1. The molecule has 6 nitrogen and oxygen atoms in total. The van der Waals surface area contributed by atoms with Gasteiger partial charge >= 0.3 is 0 Å². The molecule has 0 radical (unpaired) electrons. The second-order valence-electron chi connectivity index (χ2n) is 3.57. The summed E-state index contributed by atoms with van der Waals surface area (Å²) in [5, 5.41) is 18.2. The molecule has 8 heteroatoms. The van der Waals surface area contributed by atoms with Crippen LogP contribution in [0.3, 0.4) is 0 Å². The molecule has 0 saturated carbocycles. The van der Waals surface area contributed by atoms with Gasteiger partial charge in [-0.3, -0.25) is 9.36 Å². The van der Waals surface area contributed by atoms with Crippen molar-refractivity contribution in [3.8, 4) is 6.07 Å². The highest BCUT2D eigenvalue weighted by Gasteiger charge is 2.09. The first-order chi connectivity index (χ1) is 9.10. The Balaban J connectivity index is 2.06. The summed E-state index contributed by atoms with van der Waals surface area (Å²) in [6, 6.07) is 5.63. The van der Waals surface area contributed by atoms with Crippen LogP contribution < -0.4 is 5.32 Å². The molecular formula is C11H7ClFN5O. The van der Waals surface area contributed by atoms with Crippen molar-refractivity contribution < 1.29 is 9.18 Å². The molecular weight excluding hydrogens is 273 g/mol. The minimum Gasteiger partial charge on any atom is -0.324 e. The van der Waals surface area contributed by atoms with Crippen molar-refractivity contribution in [1.82, 2.24) is 14.8 Å². The van der Waals surface area contributed by atoms with E-state index in [4.69, 9.17) is 16.9 Å². The Morgan fingerprint density at radius 1 is 1.58 bits per heavy atom. The largest absolute Gasteiger partial charge is 0.324 e. The van der Waals surface area contributed by atoms with Crippen molar-refractivity contribution in [2.45, 2.75) is 6.54 Å². The van der Waals surface area contributed by atoms with E-state index in [-0.39, 0.29) is 17.4 Å². The first kappa shape index (κ1) is 13.0. The summed E-state index contributed by atoms with van der Waals surface area (Å²) in [5.41, 5.74) is 0.364. The van der Waals surface area contributed by atoms with Crippen molar-refractivity contribution in [3.63, 3.8) is 0 Å². The van der Waals surface area contributed by atoms with Crippen LogP contribution in [-0.2, 0) is 11.3 Å². The number of carbonyl (C=O) groups is 1. The summed E-state index contributed by atoms with van der Waals surface area (Å²) < 4.78 is 14.2. The van der Waals surface area contributed by atoms with Gasteiger partial charge in [0.2, 0.25) is 11.7 Å². The summed E-state index contributed by atoms with van der Waals surface area (Å²) in [6.07, 6.45) is 1.27. The average molecular weight is 280 g/mol. The quantitative estimate of drug-likeness (QED) is 0.924. The van der Waals surface area contributed by atoms with Gasteiger partial charge in [-0.2, -0.15) is 5.26 Å². The van der Waals surface area contributed by atoms with E-state index >= 15 is 0 Å². The van der Waals surface area contributed by atoms with Crippen LogP contribution in [0, 0.1) is 17.1 Å². The number of nitriles is 1. The van der Waals surface area contributed by atoms with Gasteiger partial charge in [0.15, 0.2) is 0 Å². The second-order valence-corrected chi connectivity index (χ2v) is 3.98. The molecule has 0 bridgehead atoms. The van der Waals surface area contributed by atoms with Gasteiger partial charge in [0.05, 0.1) is 5.02 Å². The fourth-order valence-electron chi connectivity index (χ4n) is 1.39. The number of hydrogen-bond acceptors (Lipinski definition) is 4. The molecule has 0 fully saturated rings. The van der Waals surface area contributed by atoms with Gasteiger partial charge in [0.1, 0.15) is 24.8 Å². The van der Waals surface area contributed by atoms with Gasteiger partial charge in [-0.1, -0.05) is 11.6 Å². The van der Waals surface area contributed by atoms with Crippen molar-refractivity contribution in [1.29, 1.82) is 5.26 Å². The smallest absolute Gasteiger partial charge is 0.244 e. The highest BCUT2D eigenvalue weighted by molar-refractivity contribution is 6.31. The summed E-state index contributed by atoms with van der Waals surface area (Å²) >= 11 is 5.59. The molecule has 1 heterocycles. The lowest BCUT2D eigenvalue weighted by molar-refractivity contribution is -0.116. The van der Waals surface area contributed by atoms with Crippen molar-refractivity contribution >= 4 is 23.2 Å². The van der Waals surface area contributed by atoms with E-state index in [1.54, 1.807) is 6.07 Å². The third kappa shape index (κ3) is 3.05. The molecule has 0 unspecified atom stereocenters. The maximum absolute atomic E-state index is 12.9. The van der Waals surface area contributed by atoms with Crippen LogP contribution in [0.4, 0.5) is 10.1 Å². The molecule has 96 valence electrons. The van der Waals surface area contributed by atoms with Gasteiger partial charge < -0.3 is 5.32 Å². The van der Waals surface area contributed by atoms with E-state index in [0.29, 0.717) is 5.69 Å². The zero-order valence-corrected chi connectivity index (χ0v) is 10.2. The Kier molecular flexibility index (Phi) is 3.73. The Morgan fingerprint density at radius 2 is 2.37 bits per heavy atom. The van der Waals surface area contributed by atoms with Gasteiger partial charge in [-0.25, -0.2) is 4.39 Å². The van der Waals surface area contributed by atoms with E-state index in [1.807, 2.05) is 0 Å². The molecule has 19 heavy (non-hydrogen) atoms. The normalized spacial score (nSPS) is 9.95. The van der Waals surface area contributed by atoms with Crippen LogP contribution in [0.25, 0.3) is 0 Å². The van der Waals surface area contributed by atoms with E-state index in [2.05, 4.69) is 15.5 Å². The molecule has 0 saturated heterocycles. The van der Waals surface area contributed by atoms with E-state index in [1.165, 1.54) is 23.0 Å². The number of rotatable bonds is 3. The van der Waals surface area contributed by atoms with Gasteiger partial charge in [0.25, 0.3) is 0 Å². The van der Waals surface area contributed by atoms with E-state index in [9.17, 15) is 9.18 Å². The fourth-order valence-corrected chi connectivity index (χ4v) is 1.57. The lowest BCUT2D eigenvalue weighted by atomic mass is 10.3. The number of nitrogens with zero attached hydrogens (tertiary/aromatic N) is 4. The lowest BCUT2D eigenvalue weighted by Crippen LogP contribution is -2.19. The van der Waals surface area contributed by atoms with Crippen LogP contribution in [0.5, 0.6) is 0 Å². The maximum atomic E-state index is 12.9. The fraction of sp³-hybridized carbons (Fsp3) is 0.0909. The molecule has 0 aliphatic heterocycles. The number of amides is 1. The van der Waals surface area contributed by atoms with Crippen LogP contribution in [0.15, 0.2) is 24.5 Å². The number of nitrogens with one attached hydrogen (secondary N) is 1. The van der Waals surface area contributed by atoms with E-state index < -0.39 is 11.7 Å². The predicted molar refractivity (Wildman–Crippen MR) is 64.8 cm³/mol. The summed E-state index contributed by atoms with van der Waals surface area (Å²) in [4.78, 5) is 11.7. The third-order valence-corrected chi connectivity index (χ3v) is 2.52. The molecule has 0 aliphatic rings. The highest BCUT2D eigenvalue weighted by Crippen LogP contribution is 2.19. The standard InChI is InChI=1S/C11H7ClFN5O/c12-8-3-7(1-2-9(8)13)16-11(19)5-18-6-15-17-10(18)4-14/h1-3,6H,5H2,(H,16,19). The highest BCUT2D eigenvalue weighted by atomic mass is 35.5. The second kappa shape index (κ2) is 5.46. The van der Waals surface area contributed by atoms with Crippen molar-refractivity contribution in [2.75, 3.05) is 5.32 Å². The number of hydrogen-bond donors (Lipinski definition) is 1. The zero-order valence-electron chi connectivity index (χ0n) is 9.47. The topological polar surface area (TPSA) is 83.6 Å². The van der Waals surface area contributed by atoms with Crippen molar-refractivity contribution in [2.24, 2.45) is 0 Å². The van der Waals surface area contributed by atoms with Gasteiger partial charge in [0, 0.05) is 5.69 Å². The van der Waals surface area contributed by atoms with Crippen LogP contribution >= 0.6 is 11.6 Å². The van der Waals surface area contributed by atoms with Gasteiger partial charge in [-0.05, 0) is 18.2 Å². The monoisotopic (exact) mass is 279 g/mol. The number of anilines is 1. The minimum atomic E-state index is -0.565. The SMILES string of the molecule is N#Cc1nncn1CC(=O)Nc1ccc(F)c(Cl)c1. The Hall–Kier alpha value is -2.46. The number of benzene rings is 1. The summed E-state index contributed by atoms with van der Waals surface area (Å²) in [6.45, 7) is -0.120. The summed E-state index contributed by atoms with van der Waals surface area (Å²) in [7, 11) is 0. The van der Waals surface area contributed by atoms with Crippen LogP contribution in [-0.4, -0.2) is 20.7 Å². The Labute approximate surface area is 112 Å². The molecule has 0 aliphatic carbocycles. The van der Waals surface area contributed by atoms with Crippen LogP contribution in [0.1, 0.15) is 5.82 Å². The molecule has 0 spiro atoms. The number of aromatic nitrogens is 3. The molecule has 0 atom stereocenters. The Bertz CT molecular complexity index is 663. The molecule has 2 aromatic rings. The first-order valence-electron chi connectivity index (χ1n) is 5.13. The zero-order chi connectivity index (χ0) is 13.8. The molecule has 1 N–H and O–H groups in total. The molecule has 1 amide bonds. The lowest BCUT2D eigenvalue weighted by Gasteiger charge is -2.06. The summed E-state index contributed by atoms with van der Waals surface area (Å²) in [5.74, 6) is -0.934. The third-order valence-electron chi connectivity index (χ3n) is 2.23. The van der Waals surface area contributed by atoms with Crippen LogP contribution in [0.2, 0.25) is 5.02 Å². The molecule has 1 aromatic heterocycles. The predicted octanol–water partition coefficient (Wildman–Crippen LogP) is 1.58. The number of halogens is 2. The average Bonchev–Trinajstić information content (AvgIpc) is 2.81. The van der Waals surface area contributed by atoms with Gasteiger partial charge in [-0.15, -0.1) is 10.2 Å². The molecule has 2 rings (SSSR count). The first-order valence-corrected chi connectivity index (χ1v) is 5.51. The molecule has 1 aromatic carbocycles.